The van der Waals surface area contributed by atoms with Gasteiger partial charge in [-0.25, -0.2) is 4.98 Å². The average Bonchev–Trinajstić information content (AvgIpc) is 2.41. The number of carbonyl (C=O) groups excluding carboxylic acids is 1. The number of nitrogens with one attached hydrogen (secondary N) is 1. The maximum Gasteiger partial charge on any atom is 0.418 e. The van der Waals surface area contributed by atoms with E-state index < -0.39 is 34.1 Å². The monoisotopic (exact) mass is 315 g/mol. The lowest BCUT2D eigenvalue weighted by atomic mass is 10.1. The number of anilines is 1. The minimum absolute atomic E-state index is 0.274. The van der Waals surface area contributed by atoms with E-state index in [4.69, 9.17) is 11.6 Å². The Labute approximate surface area is 122 Å². The molecule has 0 saturated heterocycles. The average molecular weight is 316 g/mol. The zero-order valence-corrected chi connectivity index (χ0v) is 11.0. The van der Waals surface area contributed by atoms with Crippen LogP contribution in [0.15, 0.2) is 36.5 Å². The largest absolute Gasteiger partial charge is 0.418 e. The maximum atomic E-state index is 12.9. The third kappa shape index (κ3) is 3.25. The van der Waals surface area contributed by atoms with Crippen LogP contribution < -0.4 is 5.32 Å². The molecule has 0 saturated carbocycles. The number of pyridine rings is 1. The van der Waals surface area contributed by atoms with Gasteiger partial charge in [-0.3, -0.25) is 9.90 Å². The fourth-order valence-corrected chi connectivity index (χ4v) is 1.86. The predicted molar refractivity (Wildman–Crippen MR) is 68.8 cm³/mol. The summed E-state index contributed by atoms with van der Waals surface area (Å²) in [5.41, 5.74) is -2.02. The molecule has 0 bridgehead atoms. The van der Waals surface area contributed by atoms with Gasteiger partial charge in [-0.1, -0.05) is 29.8 Å². The summed E-state index contributed by atoms with van der Waals surface area (Å²) in [5.74, 6) is -2.22. The van der Waals surface area contributed by atoms with Gasteiger partial charge >= 0.3 is 6.18 Å². The van der Waals surface area contributed by atoms with Crippen LogP contribution in [0.3, 0.4) is 0 Å². The Kier molecular flexibility index (Phi) is 4.04. The van der Waals surface area contributed by atoms with E-state index in [1.807, 2.05) is 0 Å². The number of alkyl halides is 3. The second-order valence-corrected chi connectivity index (χ2v) is 4.36. The number of halogens is 4. The standard InChI is InChI=1S/C13H7ClF3N2O2/c14-10-9(8(13(15,16)17)6-18-12(10)21)11(20)19-7-4-2-1-3-5-7/h1-6H,(H,19,20). The van der Waals surface area contributed by atoms with Crippen molar-refractivity contribution in [3.63, 3.8) is 0 Å². The molecule has 1 radical (unpaired) electrons. The molecule has 0 unspecified atom stereocenters. The highest BCUT2D eigenvalue weighted by Gasteiger charge is 2.38. The van der Waals surface area contributed by atoms with Gasteiger partial charge in [-0.15, -0.1) is 0 Å². The number of hydrogen-bond acceptors (Lipinski definition) is 2. The molecule has 2 aromatic rings. The molecule has 0 spiro atoms. The van der Waals surface area contributed by atoms with Crippen molar-refractivity contribution in [3.05, 3.63) is 52.7 Å². The van der Waals surface area contributed by atoms with Crippen molar-refractivity contribution in [2.45, 2.75) is 6.18 Å². The van der Waals surface area contributed by atoms with Crippen LogP contribution in [-0.4, -0.2) is 10.9 Å². The number of aromatic nitrogens is 1. The van der Waals surface area contributed by atoms with Crippen molar-refractivity contribution >= 4 is 23.2 Å². The van der Waals surface area contributed by atoms with Crippen LogP contribution in [-0.2, 0) is 11.3 Å². The fraction of sp³-hybridized carbons (Fsp3) is 0.0769. The van der Waals surface area contributed by atoms with E-state index in [-0.39, 0.29) is 5.69 Å². The highest BCUT2D eigenvalue weighted by Crippen LogP contribution is 2.37. The third-order valence-corrected chi connectivity index (χ3v) is 2.90. The van der Waals surface area contributed by atoms with Gasteiger partial charge in [0.2, 0.25) is 0 Å². The molecule has 0 aliphatic rings. The predicted octanol–water partition coefficient (Wildman–Crippen LogP) is 4.15. The topological polar surface area (TPSA) is 61.9 Å². The van der Waals surface area contributed by atoms with E-state index in [9.17, 15) is 23.1 Å². The van der Waals surface area contributed by atoms with Crippen LogP contribution in [0.2, 0.25) is 5.02 Å². The van der Waals surface area contributed by atoms with Crippen molar-refractivity contribution in [1.29, 1.82) is 0 Å². The van der Waals surface area contributed by atoms with E-state index >= 15 is 0 Å². The van der Waals surface area contributed by atoms with Crippen LogP contribution in [0.4, 0.5) is 18.9 Å². The number of nitrogens with zero attached hydrogens (tertiary/aromatic N) is 1. The van der Waals surface area contributed by atoms with Crippen molar-refractivity contribution < 1.29 is 23.1 Å². The number of hydrogen-bond donors (Lipinski definition) is 1. The van der Waals surface area contributed by atoms with Crippen molar-refractivity contribution in [1.82, 2.24) is 4.98 Å². The summed E-state index contributed by atoms with van der Waals surface area (Å²) in [5, 5.41) is 12.7. The molecule has 109 valence electrons. The first-order chi connectivity index (χ1) is 9.80. The van der Waals surface area contributed by atoms with Gasteiger partial charge in [0, 0.05) is 11.9 Å². The number of benzene rings is 1. The van der Waals surface area contributed by atoms with Gasteiger partial charge in [-0.05, 0) is 12.1 Å². The molecule has 1 aromatic carbocycles. The smallest absolute Gasteiger partial charge is 0.322 e. The molecule has 2 rings (SSSR count). The number of carbonyl (C=O) groups is 1. The second kappa shape index (κ2) is 5.61. The molecule has 1 aromatic heterocycles. The van der Waals surface area contributed by atoms with Gasteiger partial charge in [0.25, 0.3) is 11.8 Å². The Morgan fingerprint density at radius 1 is 1.19 bits per heavy atom. The van der Waals surface area contributed by atoms with E-state index in [2.05, 4.69) is 10.3 Å². The first-order valence-electron chi connectivity index (χ1n) is 5.60. The third-order valence-electron chi connectivity index (χ3n) is 2.55. The molecule has 21 heavy (non-hydrogen) atoms. The quantitative estimate of drug-likeness (QED) is 0.905. The lowest BCUT2D eigenvalue weighted by molar-refractivity contribution is -0.138. The number of rotatable bonds is 2. The Bertz CT molecular complexity index is 675. The Morgan fingerprint density at radius 3 is 2.38 bits per heavy atom. The van der Waals surface area contributed by atoms with Crippen LogP contribution >= 0.6 is 11.6 Å². The zero-order chi connectivity index (χ0) is 15.6. The molecular formula is C13H7ClF3N2O2. The first kappa shape index (κ1) is 15.1. The summed E-state index contributed by atoms with van der Waals surface area (Å²) in [6.45, 7) is 0. The summed E-state index contributed by atoms with van der Waals surface area (Å²) in [6.07, 6.45) is -4.55. The normalized spacial score (nSPS) is 11.2. The van der Waals surface area contributed by atoms with Crippen molar-refractivity contribution in [2.24, 2.45) is 0 Å². The highest BCUT2D eigenvalue weighted by atomic mass is 35.5. The van der Waals surface area contributed by atoms with Crippen LogP contribution in [0.25, 0.3) is 0 Å². The van der Waals surface area contributed by atoms with Crippen LogP contribution in [0.5, 0.6) is 5.88 Å². The molecule has 1 amide bonds. The fourth-order valence-electron chi connectivity index (χ4n) is 1.62. The summed E-state index contributed by atoms with van der Waals surface area (Å²) in [4.78, 5) is 15.0. The van der Waals surface area contributed by atoms with E-state index in [1.165, 1.54) is 12.1 Å². The lowest BCUT2D eigenvalue weighted by Crippen LogP contribution is -2.19. The van der Waals surface area contributed by atoms with Gasteiger partial charge < -0.3 is 5.32 Å². The second-order valence-electron chi connectivity index (χ2n) is 3.98. The molecule has 0 atom stereocenters. The Balaban J connectivity index is 2.47. The summed E-state index contributed by atoms with van der Waals surface area (Å²) < 4.78 is 38.6. The van der Waals surface area contributed by atoms with E-state index in [0.29, 0.717) is 6.20 Å². The highest BCUT2D eigenvalue weighted by molar-refractivity contribution is 6.35. The van der Waals surface area contributed by atoms with Crippen molar-refractivity contribution in [2.75, 3.05) is 5.32 Å². The molecular weight excluding hydrogens is 309 g/mol. The minimum atomic E-state index is -4.85. The number of para-hydroxylation sites is 1. The summed E-state index contributed by atoms with van der Waals surface area (Å²) in [6, 6.07) is 7.82. The Hall–Kier alpha value is -2.28. The minimum Gasteiger partial charge on any atom is -0.322 e. The summed E-state index contributed by atoms with van der Waals surface area (Å²) >= 11 is 5.53. The van der Waals surface area contributed by atoms with Crippen LogP contribution in [0, 0.1) is 0 Å². The molecule has 8 heteroatoms. The van der Waals surface area contributed by atoms with Gasteiger partial charge in [-0.2, -0.15) is 13.2 Å². The molecule has 0 fully saturated rings. The van der Waals surface area contributed by atoms with Gasteiger partial charge in [0.15, 0.2) is 0 Å². The number of amides is 1. The van der Waals surface area contributed by atoms with Crippen molar-refractivity contribution in [3.8, 4) is 5.88 Å². The molecule has 1 heterocycles. The zero-order valence-electron chi connectivity index (χ0n) is 10.2. The van der Waals surface area contributed by atoms with E-state index in [0.717, 1.165) is 0 Å². The van der Waals surface area contributed by atoms with Crippen LogP contribution in [0.1, 0.15) is 15.9 Å². The summed E-state index contributed by atoms with van der Waals surface area (Å²) in [7, 11) is 0. The SMILES string of the molecule is [O]c1ncc(C(F)(F)F)c(C(=O)Nc2ccccc2)c1Cl. The molecule has 0 aliphatic carbocycles. The first-order valence-corrected chi connectivity index (χ1v) is 5.97. The lowest BCUT2D eigenvalue weighted by Gasteiger charge is -2.13. The molecule has 1 N–H and O–H groups in total. The van der Waals surface area contributed by atoms with Gasteiger partial charge in [0.1, 0.15) is 5.02 Å². The maximum absolute atomic E-state index is 12.9. The molecule has 4 nitrogen and oxygen atoms in total. The van der Waals surface area contributed by atoms with Gasteiger partial charge in [0.05, 0.1) is 11.1 Å². The Morgan fingerprint density at radius 2 is 1.81 bits per heavy atom. The molecule has 0 aliphatic heterocycles. The van der Waals surface area contributed by atoms with E-state index in [1.54, 1.807) is 18.2 Å².